The second kappa shape index (κ2) is 7.09. The van der Waals surface area contributed by atoms with Crippen molar-refractivity contribution in [1.82, 2.24) is 10.3 Å². The molecule has 2 rings (SSSR count). The van der Waals surface area contributed by atoms with Crippen LogP contribution in [0.2, 0.25) is 5.02 Å². The summed E-state index contributed by atoms with van der Waals surface area (Å²) in [6.45, 7) is 0.224. The number of aromatic amines is 1. The summed E-state index contributed by atoms with van der Waals surface area (Å²) in [5, 5.41) is 4.32. The van der Waals surface area contributed by atoms with E-state index in [-0.39, 0.29) is 30.9 Å². The molecule has 0 unspecified atom stereocenters. The maximum Gasteiger partial charge on any atom is 0.306 e. The van der Waals surface area contributed by atoms with Gasteiger partial charge < -0.3 is 15.0 Å². The number of hydrogen-bond donors (Lipinski definition) is 2. The SMILES string of the molecule is COC(=O)CCC(=O)NCc1cc2cc[nH]c(=O)c2cc1Cl. The quantitative estimate of drug-likeness (QED) is 0.821. The first-order valence-corrected chi connectivity index (χ1v) is 7.02. The summed E-state index contributed by atoms with van der Waals surface area (Å²) in [5.41, 5.74) is 0.485. The summed E-state index contributed by atoms with van der Waals surface area (Å²) >= 11 is 6.13. The number of rotatable bonds is 5. The average Bonchev–Trinajstić information content (AvgIpc) is 2.51. The van der Waals surface area contributed by atoms with Crippen LogP contribution in [0, 0.1) is 0 Å². The first kappa shape index (κ1) is 16.0. The summed E-state index contributed by atoms with van der Waals surface area (Å²) in [4.78, 5) is 36.9. The van der Waals surface area contributed by atoms with Crippen LogP contribution in [0.5, 0.6) is 0 Å². The first-order valence-electron chi connectivity index (χ1n) is 6.64. The minimum Gasteiger partial charge on any atom is -0.469 e. The Hall–Kier alpha value is -2.34. The number of H-pyrrole nitrogens is 1. The zero-order valence-corrected chi connectivity index (χ0v) is 12.7. The number of esters is 1. The molecule has 116 valence electrons. The van der Waals surface area contributed by atoms with E-state index in [1.54, 1.807) is 24.4 Å². The molecule has 0 fully saturated rings. The molecule has 0 aliphatic carbocycles. The lowest BCUT2D eigenvalue weighted by Gasteiger charge is -2.08. The molecule has 1 aromatic heterocycles. The van der Waals surface area contributed by atoms with E-state index in [1.807, 2.05) is 0 Å². The van der Waals surface area contributed by atoms with Crippen molar-refractivity contribution in [3.63, 3.8) is 0 Å². The van der Waals surface area contributed by atoms with Crippen molar-refractivity contribution in [2.24, 2.45) is 0 Å². The van der Waals surface area contributed by atoms with Gasteiger partial charge in [0.15, 0.2) is 0 Å². The van der Waals surface area contributed by atoms with E-state index in [4.69, 9.17) is 11.6 Å². The van der Waals surface area contributed by atoms with Gasteiger partial charge in [-0.15, -0.1) is 0 Å². The smallest absolute Gasteiger partial charge is 0.306 e. The molecule has 2 aromatic rings. The predicted octanol–water partition coefficient (Wildman–Crippen LogP) is 1.75. The second-order valence-electron chi connectivity index (χ2n) is 4.69. The van der Waals surface area contributed by atoms with Gasteiger partial charge in [0.1, 0.15) is 0 Å². The third-order valence-corrected chi connectivity index (χ3v) is 3.55. The third-order valence-electron chi connectivity index (χ3n) is 3.20. The van der Waals surface area contributed by atoms with E-state index in [0.717, 1.165) is 5.39 Å². The van der Waals surface area contributed by atoms with Crippen molar-refractivity contribution in [3.8, 4) is 0 Å². The topological polar surface area (TPSA) is 88.3 Å². The lowest BCUT2D eigenvalue weighted by molar-refractivity contribution is -0.142. The minimum absolute atomic E-state index is 0.0309. The number of halogens is 1. The Balaban J connectivity index is 2.06. The lowest BCUT2D eigenvalue weighted by atomic mass is 10.1. The maximum absolute atomic E-state index is 11.7. The Labute approximate surface area is 131 Å². The van der Waals surface area contributed by atoms with Crippen LogP contribution >= 0.6 is 11.6 Å². The van der Waals surface area contributed by atoms with Crippen LogP contribution in [-0.4, -0.2) is 24.0 Å². The van der Waals surface area contributed by atoms with E-state index < -0.39 is 5.97 Å². The largest absolute Gasteiger partial charge is 0.469 e. The Morgan fingerprint density at radius 2 is 2.09 bits per heavy atom. The van der Waals surface area contributed by atoms with Crippen molar-refractivity contribution < 1.29 is 14.3 Å². The highest BCUT2D eigenvalue weighted by Crippen LogP contribution is 2.21. The average molecular weight is 323 g/mol. The highest BCUT2D eigenvalue weighted by atomic mass is 35.5. The zero-order chi connectivity index (χ0) is 16.1. The summed E-state index contributed by atoms with van der Waals surface area (Å²) in [7, 11) is 1.27. The first-order chi connectivity index (χ1) is 10.5. The molecular formula is C15H15ClN2O4. The third kappa shape index (κ3) is 3.85. The van der Waals surface area contributed by atoms with Gasteiger partial charge in [0.05, 0.1) is 13.5 Å². The zero-order valence-electron chi connectivity index (χ0n) is 11.9. The molecule has 0 saturated heterocycles. The van der Waals surface area contributed by atoms with Crippen LogP contribution in [0.1, 0.15) is 18.4 Å². The van der Waals surface area contributed by atoms with Crippen molar-refractivity contribution in [3.05, 3.63) is 45.3 Å². The van der Waals surface area contributed by atoms with E-state index in [2.05, 4.69) is 15.0 Å². The Bertz CT molecular complexity index is 770. The van der Waals surface area contributed by atoms with Crippen LogP contribution in [-0.2, 0) is 20.9 Å². The van der Waals surface area contributed by atoms with Gasteiger partial charge in [-0.3, -0.25) is 14.4 Å². The number of amides is 1. The van der Waals surface area contributed by atoms with E-state index >= 15 is 0 Å². The van der Waals surface area contributed by atoms with Gasteiger partial charge in [0.25, 0.3) is 5.56 Å². The number of hydrogen-bond acceptors (Lipinski definition) is 4. The molecule has 0 spiro atoms. The fourth-order valence-electron chi connectivity index (χ4n) is 1.99. The molecule has 0 radical (unpaired) electrons. The summed E-state index contributed by atoms with van der Waals surface area (Å²) in [6, 6.07) is 5.09. The Kier molecular flexibility index (Phi) is 5.16. The van der Waals surface area contributed by atoms with Crippen molar-refractivity contribution in [2.75, 3.05) is 7.11 Å². The molecule has 1 heterocycles. The standard InChI is InChI=1S/C15H15ClN2O4/c1-22-14(20)3-2-13(19)18-8-10-6-9-4-5-17-15(21)11(9)7-12(10)16/h4-7H,2-3,8H2,1H3,(H,17,21)(H,18,19). The lowest BCUT2D eigenvalue weighted by Crippen LogP contribution is -2.23. The number of benzene rings is 1. The summed E-state index contributed by atoms with van der Waals surface area (Å²) in [6.07, 6.45) is 1.64. The molecule has 0 aliphatic heterocycles. The Morgan fingerprint density at radius 1 is 1.32 bits per heavy atom. The van der Waals surface area contributed by atoms with Gasteiger partial charge in [0.2, 0.25) is 5.91 Å². The molecule has 2 N–H and O–H groups in total. The van der Waals surface area contributed by atoms with Crippen LogP contribution < -0.4 is 10.9 Å². The van der Waals surface area contributed by atoms with E-state index in [1.165, 1.54) is 7.11 Å². The summed E-state index contributed by atoms with van der Waals surface area (Å²) < 4.78 is 4.47. The van der Waals surface area contributed by atoms with E-state index in [0.29, 0.717) is 16.0 Å². The molecular weight excluding hydrogens is 308 g/mol. The van der Waals surface area contributed by atoms with Crippen molar-refractivity contribution >= 4 is 34.2 Å². The number of ether oxygens (including phenoxy) is 1. The van der Waals surface area contributed by atoms with Gasteiger partial charge >= 0.3 is 5.97 Å². The summed E-state index contributed by atoms with van der Waals surface area (Å²) in [5.74, 6) is -0.703. The molecule has 0 bridgehead atoms. The molecule has 1 amide bonds. The van der Waals surface area contributed by atoms with Gasteiger partial charge in [-0.05, 0) is 29.1 Å². The fraction of sp³-hybridized carbons (Fsp3) is 0.267. The van der Waals surface area contributed by atoms with Crippen molar-refractivity contribution in [1.29, 1.82) is 0 Å². The number of carbonyl (C=O) groups excluding carboxylic acids is 2. The molecule has 6 nitrogen and oxygen atoms in total. The normalized spacial score (nSPS) is 10.5. The number of methoxy groups -OCH3 is 1. The molecule has 22 heavy (non-hydrogen) atoms. The second-order valence-corrected chi connectivity index (χ2v) is 5.10. The van der Waals surface area contributed by atoms with Gasteiger partial charge in [-0.1, -0.05) is 11.6 Å². The van der Waals surface area contributed by atoms with E-state index in [9.17, 15) is 14.4 Å². The maximum atomic E-state index is 11.7. The van der Waals surface area contributed by atoms with Crippen LogP contribution in [0.3, 0.4) is 0 Å². The van der Waals surface area contributed by atoms with Crippen LogP contribution in [0.15, 0.2) is 29.2 Å². The molecule has 0 aliphatic rings. The monoisotopic (exact) mass is 322 g/mol. The van der Waals surface area contributed by atoms with Crippen molar-refractivity contribution in [2.45, 2.75) is 19.4 Å². The van der Waals surface area contributed by atoms with Gasteiger partial charge in [-0.2, -0.15) is 0 Å². The minimum atomic E-state index is -0.432. The van der Waals surface area contributed by atoms with Gasteiger partial charge in [-0.25, -0.2) is 0 Å². The number of aromatic nitrogens is 1. The number of fused-ring (bicyclic) bond motifs is 1. The number of nitrogens with one attached hydrogen (secondary N) is 2. The molecule has 1 aromatic carbocycles. The van der Waals surface area contributed by atoms with Crippen LogP contribution in [0.4, 0.5) is 0 Å². The number of pyridine rings is 1. The highest BCUT2D eigenvalue weighted by Gasteiger charge is 2.09. The molecule has 0 saturated carbocycles. The fourth-order valence-corrected chi connectivity index (χ4v) is 2.22. The van der Waals surface area contributed by atoms with Gasteiger partial charge in [0, 0.05) is 29.6 Å². The predicted molar refractivity (Wildman–Crippen MR) is 82.7 cm³/mol. The Morgan fingerprint density at radius 3 is 2.82 bits per heavy atom. The molecule has 7 heteroatoms. The van der Waals surface area contributed by atoms with Crippen LogP contribution in [0.25, 0.3) is 10.8 Å². The number of carbonyl (C=O) groups is 2. The highest BCUT2D eigenvalue weighted by molar-refractivity contribution is 6.32. The molecule has 0 atom stereocenters.